The molecule has 1 unspecified atom stereocenters. The second-order valence-corrected chi connectivity index (χ2v) is 6.71. The van der Waals surface area contributed by atoms with Crippen LogP contribution >= 0.6 is 0 Å². The number of urea groups is 1. The number of benzene rings is 1. The summed E-state index contributed by atoms with van der Waals surface area (Å²) < 4.78 is 1.79. The van der Waals surface area contributed by atoms with Crippen molar-refractivity contribution in [3.63, 3.8) is 0 Å². The van der Waals surface area contributed by atoms with Crippen molar-refractivity contribution in [3.05, 3.63) is 42.2 Å². The quantitative estimate of drug-likeness (QED) is 0.894. The lowest BCUT2D eigenvalue weighted by molar-refractivity contribution is 0.0957. The van der Waals surface area contributed by atoms with Gasteiger partial charge < -0.3 is 15.3 Å². The molecule has 23 heavy (non-hydrogen) atoms. The normalized spacial score (nSPS) is 19.8. The zero-order valence-electron chi connectivity index (χ0n) is 13.7. The van der Waals surface area contributed by atoms with Gasteiger partial charge in [-0.15, -0.1) is 0 Å². The third-order valence-corrected chi connectivity index (χ3v) is 4.43. The Morgan fingerprint density at radius 2 is 2.04 bits per heavy atom. The van der Waals surface area contributed by atoms with Crippen molar-refractivity contribution >= 4 is 11.7 Å². The molecule has 0 radical (unpaired) electrons. The number of carbonyl (C=O) groups excluding carboxylic acids is 1. The van der Waals surface area contributed by atoms with Crippen LogP contribution < -0.4 is 5.32 Å². The SMILES string of the molecule is Cc1c(NC(=O)N2CC(O)C(C)(C)C2)cnn1-c1ccccc1. The van der Waals surface area contributed by atoms with Crippen LogP contribution in [-0.2, 0) is 0 Å². The zero-order chi connectivity index (χ0) is 16.6. The average molecular weight is 314 g/mol. The van der Waals surface area contributed by atoms with Gasteiger partial charge in [-0.3, -0.25) is 0 Å². The minimum Gasteiger partial charge on any atom is -0.391 e. The number of para-hydroxylation sites is 1. The summed E-state index contributed by atoms with van der Waals surface area (Å²) in [6, 6.07) is 9.57. The molecule has 2 aromatic rings. The lowest BCUT2D eigenvalue weighted by Gasteiger charge is -2.21. The lowest BCUT2D eigenvalue weighted by Crippen LogP contribution is -2.34. The van der Waals surface area contributed by atoms with Crippen molar-refractivity contribution < 1.29 is 9.90 Å². The summed E-state index contributed by atoms with van der Waals surface area (Å²) in [5, 5.41) is 17.2. The number of β-amino-alcohol motifs (C(OH)–C–C–N with tert-alkyl or cyclic N) is 1. The van der Waals surface area contributed by atoms with Gasteiger partial charge in [0, 0.05) is 18.5 Å². The van der Waals surface area contributed by atoms with Crippen molar-refractivity contribution in [2.75, 3.05) is 18.4 Å². The molecule has 0 saturated carbocycles. The first-order valence-corrected chi connectivity index (χ1v) is 7.72. The molecule has 1 atom stereocenters. The van der Waals surface area contributed by atoms with Crippen molar-refractivity contribution in [2.24, 2.45) is 5.41 Å². The van der Waals surface area contributed by atoms with Gasteiger partial charge >= 0.3 is 6.03 Å². The summed E-state index contributed by atoms with van der Waals surface area (Å²) in [4.78, 5) is 14.1. The Bertz CT molecular complexity index is 709. The highest BCUT2D eigenvalue weighted by atomic mass is 16.3. The molecule has 1 aliphatic heterocycles. The van der Waals surface area contributed by atoms with Gasteiger partial charge in [0.15, 0.2) is 0 Å². The second-order valence-electron chi connectivity index (χ2n) is 6.71. The third-order valence-electron chi connectivity index (χ3n) is 4.43. The van der Waals surface area contributed by atoms with Gasteiger partial charge in [-0.05, 0) is 19.1 Å². The first kappa shape index (κ1) is 15.6. The predicted octanol–water partition coefficient (Wildman–Crippen LogP) is 2.42. The zero-order valence-corrected chi connectivity index (χ0v) is 13.7. The molecule has 6 nitrogen and oxygen atoms in total. The Morgan fingerprint density at radius 3 is 2.65 bits per heavy atom. The van der Waals surface area contributed by atoms with E-state index in [1.807, 2.05) is 51.1 Å². The molecule has 2 amide bonds. The highest BCUT2D eigenvalue weighted by Gasteiger charge is 2.40. The molecule has 0 aliphatic carbocycles. The van der Waals surface area contributed by atoms with Crippen LogP contribution in [0.25, 0.3) is 5.69 Å². The predicted molar refractivity (Wildman–Crippen MR) is 88.7 cm³/mol. The highest BCUT2D eigenvalue weighted by molar-refractivity contribution is 5.90. The standard InChI is InChI=1S/C17H22N4O2/c1-12-14(9-18-21(12)13-7-5-4-6-8-13)19-16(23)20-10-15(22)17(2,3)11-20/h4-9,15,22H,10-11H2,1-3H3,(H,19,23). The topological polar surface area (TPSA) is 70.4 Å². The molecule has 0 spiro atoms. The number of hydrogen-bond donors (Lipinski definition) is 2. The van der Waals surface area contributed by atoms with Gasteiger partial charge in [0.25, 0.3) is 0 Å². The van der Waals surface area contributed by atoms with Gasteiger partial charge in [-0.2, -0.15) is 5.10 Å². The molecular formula is C17H22N4O2. The monoisotopic (exact) mass is 314 g/mol. The van der Waals surface area contributed by atoms with E-state index < -0.39 is 6.10 Å². The molecule has 1 aromatic heterocycles. The Morgan fingerprint density at radius 1 is 1.35 bits per heavy atom. The van der Waals surface area contributed by atoms with Crippen molar-refractivity contribution in [1.29, 1.82) is 0 Å². The fraction of sp³-hybridized carbons (Fsp3) is 0.412. The minimum absolute atomic E-state index is 0.203. The molecule has 2 heterocycles. The molecule has 1 saturated heterocycles. The molecule has 1 aromatic carbocycles. The number of aliphatic hydroxyl groups excluding tert-OH is 1. The number of carbonyl (C=O) groups is 1. The maximum atomic E-state index is 12.4. The number of aliphatic hydroxyl groups is 1. The molecular weight excluding hydrogens is 292 g/mol. The van der Waals surface area contributed by atoms with Crippen LogP contribution in [0.1, 0.15) is 19.5 Å². The van der Waals surface area contributed by atoms with E-state index in [0.29, 0.717) is 18.8 Å². The third kappa shape index (κ3) is 2.94. The van der Waals surface area contributed by atoms with Gasteiger partial charge in [0.1, 0.15) is 0 Å². The van der Waals surface area contributed by atoms with Crippen LogP contribution in [0.2, 0.25) is 0 Å². The van der Waals surface area contributed by atoms with Crippen molar-refractivity contribution in [2.45, 2.75) is 26.9 Å². The molecule has 3 rings (SSSR count). The Labute approximate surface area is 135 Å². The second kappa shape index (κ2) is 5.70. The van der Waals surface area contributed by atoms with Crippen molar-refractivity contribution in [1.82, 2.24) is 14.7 Å². The van der Waals surface area contributed by atoms with Gasteiger partial charge in [0.05, 0.1) is 29.4 Å². The Hall–Kier alpha value is -2.34. The van der Waals surface area contributed by atoms with Crippen LogP contribution in [0, 0.1) is 12.3 Å². The first-order chi connectivity index (χ1) is 10.9. The number of amides is 2. The van der Waals surface area contributed by atoms with Gasteiger partial charge in [-0.1, -0.05) is 32.0 Å². The van der Waals surface area contributed by atoms with E-state index in [4.69, 9.17) is 0 Å². The summed E-state index contributed by atoms with van der Waals surface area (Å²) in [6.45, 7) is 6.72. The van der Waals surface area contributed by atoms with Crippen LogP contribution in [0.5, 0.6) is 0 Å². The number of nitrogens with one attached hydrogen (secondary N) is 1. The fourth-order valence-electron chi connectivity index (χ4n) is 2.83. The van der Waals surface area contributed by atoms with E-state index in [-0.39, 0.29) is 11.4 Å². The number of nitrogens with zero attached hydrogens (tertiary/aromatic N) is 3. The summed E-state index contributed by atoms with van der Waals surface area (Å²) in [7, 11) is 0. The summed E-state index contributed by atoms with van der Waals surface area (Å²) in [6.07, 6.45) is 1.15. The van der Waals surface area contributed by atoms with Crippen LogP contribution in [0.4, 0.5) is 10.5 Å². The van der Waals surface area contributed by atoms with Crippen molar-refractivity contribution in [3.8, 4) is 5.69 Å². The van der Waals surface area contributed by atoms with E-state index in [9.17, 15) is 9.90 Å². The maximum absolute atomic E-state index is 12.4. The number of likely N-dealkylation sites (tertiary alicyclic amines) is 1. The lowest BCUT2D eigenvalue weighted by atomic mass is 9.90. The summed E-state index contributed by atoms with van der Waals surface area (Å²) in [5.41, 5.74) is 2.21. The maximum Gasteiger partial charge on any atom is 0.322 e. The van der Waals surface area contributed by atoms with E-state index in [2.05, 4.69) is 10.4 Å². The van der Waals surface area contributed by atoms with Crippen LogP contribution in [-0.4, -0.2) is 45.0 Å². The largest absolute Gasteiger partial charge is 0.391 e. The number of anilines is 1. The molecule has 6 heteroatoms. The molecule has 122 valence electrons. The fourth-order valence-corrected chi connectivity index (χ4v) is 2.83. The minimum atomic E-state index is -0.499. The smallest absolute Gasteiger partial charge is 0.322 e. The Kier molecular flexibility index (Phi) is 3.85. The number of aromatic nitrogens is 2. The summed E-state index contributed by atoms with van der Waals surface area (Å²) in [5.74, 6) is 0. The molecule has 1 fully saturated rings. The highest BCUT2D eigenvalue weighted by Crippen LogP contribution is 2.30. The van der Waals surface area contributed by atoms with E-state index >= 15 is 0 Å². The first-order valence-electron chi connectivity index (χ1n) is 7.72. The Balaban J connectivity index is 1.75. The molecule has 1 aliphatic rings. The number of hydrogen-bond acceptors (Lipinski definition) is 3. The van der Waals surface area contributed by atoms with Crippen LogP contribution in [0.15, 0.2) is 36.5 Å². The van der Waals surface area contributed by atoms with E-state index in [0.717, 1.165) is 11.4 Å². The molecule has 2 N–H and O–H groups in total. The number of rotatable bonds is 2. The molecule has 0 bridgehead atoms. The average Bonchev–Trinajstić information content (AvgIpc) is 3.01. The van der Waals surface area contributed by atoms with E-state index in [1.54, 1.807) is 15.8 Å². The van der Waals surface area contributed by atoms with Crippen LogP contribution in [0.3, 0.4) is 0 Å². The van der Waals surface area contributed by atoms with Gasteiger partial charge in [-0.25, -0.2) is 9.48 Å². The summed E-state index contributed by atoms with van der Waals surface area (Å²) >= 11 is 0. The van der Waals surface area contributed by atoms with E-state index in [1.165, 1.54) is 0 Å². The van der Waals surface area contributed by atoms with Gasteiger partial charge in [0.2, 0.25) is 0 Å².